The summed E-state index contributed by atoms with van der Waals surface area (Å²) in [5.41, 5.74) is 2.37. The van der Waals surface area contributed by atoms with E-state index in [0.717, 1.165) is 19.4 Å². The largest absolute Gasteiger partial charge is 0.395 e. The molecule has 0 radical (unpaired) electrons. The molecule has 0 aliphatic rings. The molecule has 16 heavy (non-hydrogen) atoms. The Bertz CT molecular complexity index is 301. The minimum Gasteiger partial charge on any atom is -0.395 e. The summed E-state index contributed by atoms with van der Waals surface area (Å²) >= 11 is 0. The molecular formula is C14H22O2. The maximum Gasteiger partial charge on any atom is 0.0522 e. The fraction of sp³-hybridized carbons (Fsp3) is 0.571. The van der Waals surface area contributed by atoms with Crippen LogP contribution in [0.2, 0.25) is 0 Å². The number of hydrogen-bond donors (Lipinski definition) is 1. The average Bonchev–Trinajstić information content (AvgIpc) is 2.30. The van der Waals surface area contributed by atoms with Gasteiger partial charge in [0.05, 0.1) is 6.61 Å². The van der Waals surface area contributed by atoms with E-state index >= 15 is 0 Å². The third kappa shape index (κ3) is 3.62. The summed E-state index contributed by atoms with van der Waals surface area (Å²) in [6, 6.07) is 8.50. The Kier molecular flexibility index (Phi) is 4.97. The highest BCUT2D eigenvalue weighted by molar-refractivity contribution is 5.28. The van der Waals surface area contributed by atoms with E-state index in [1.165, 1.54) is 11.1 Å². The van der Waals surface area contributed by atoms with Gasteiger partial charge in [-0.2, -0.15) is 0 Å². The molecule has 0 unspecified atom stereocenters. The molecule has 0 heterocycles. The van der Waals surface area contributed by atoms with Crippen LogP contribution in [-0.2, 0) is 16.6 Å². The zero-order valence-electron chi connectivity index (χ0n) is 10.5. The summed E-state index contributed by atoms with van der Waals surface area (Å²) in [7, 11) is 1.73. The molecule has 0 spiro atoms. The summed E-state index contributed by atoms with van der Waals surface area (Å²) in [6.07, 6.45) is 2.10. The molecule has 0 atom stereocenters. The van der Waals surface area contributed by atoms with Crippen molar-refractivity contribution >= 4 is 0 Å². The summed E-state index contributed by atoms with van der Waals surface area (Å²) in [5, 5.41) is 9.27. The number of aliphatic hydroxyl groups excluding tert-OH is 1. The molecule has 1 aromatic carbocycles. The van der Waals surface area contributed by atoms with Crippen molar-refractivity contribution in [3.63, 3.8) is 0 Å². The molecule has 1 rings (SSSR count). The number of methoxy groups -OCH3 is 1. The number of aryl methyl sites for hydroxylation is 1. The number of aliphatic hydroxyl groups is 1. The molecule has 0 aliphatic carbocycles. The van der Waals surface area contributed by atoms with Crippen LogP contribution in [0.15, 0.2) is 24.3 Å². The van der Waals surface area contributed by atoms with Gasteiger partial charge in [-0.15, -0.1) is 0 Å². The van der Waals surface area contributed by atoms with Crippen LogP contribution in [0.5, 0.6) is 0 Å². The van der Waals surface area contributed by atoms with Gasteiger partial charge in [-0.25, -0.2) is 0 Å². The van der Waals surface area contributed by atoms with Crippen molar-refractivity contribution < 1.29 is 9.84 Å². The van der Waals surface area contributed by atoms with E-state index < -0.39 is 0 Å². The Morgan fingerprint density at radius 3 is 2.31 bits per heavy atom. The predicted octanol–water partition coefficient (Wildman–Crippen LogP) is 2.54. The van der Waals surface area contributed by atoms with Crippen molar-refractivity contribution in [2.75, 3.05) is 20.3 Å². The van der Waals surface area contributed by atoms with Crippen molar-refractivity contribution in [2.24, 2.45) is 0 Å². The molecule has 90 valence electrons. The molecule has 0 fully saturated rings. The maximum absolute atomic E-state index is 9.27. The first kappa shape index (κ1) is 13.2. The van der Waals surface area contributed by atoms with Gasteiger partial charge in [0, 0.05) is 19.1 Å². The fourth-order valence-corrected chi connectivity index (χ4v) is 1.63. The van der Waals surface area contributed by atoms with Crippen molar-refractivity contribution in [1.29, 1.82) is 0 Å². The third-order valence-electron chi connectivity index (χ3n) is 2.94. The van der Waals surface area contributed by atoms with Crippen LogP contribution in [0.1, 0.15) is 31.4 Å². The van der Waals surface area contributed by atoms with Gasteiger partial charge in [0.1, 0.15) is 0 Å². The van der Waals surface area contributed by atoms with Gasteiger partial charge in [0.2, 0.25) is 0 Å². The van der Waals surface area contributed by atoms with Crippen LogP contribution in [0.25, 0.3) is 0 Å². The smallest absolute Gasteiger partial charge is 0.0522 e. The van der Waals surface area contributed by atoms with Crippen LogP contribution in [0, 0.1) is 0 Å². The summed E-state index contributed by atoms with van der Waals surface area (Å²) in [4.78, 5) is 0. The summed E-state index contributed by atoms with van der Waals surface area (Å²) in [6.45, 7) is 5.08. The maximum atomic E-state index is 9.27. The lowest BCUT2D eigenvalue weighted by molar-refractivity contribution is 0.195. The summed E-state index contributed by atoms with van der Waals surface area (Å²) in [5.74, 6) is 0. The molecule has 0 amide bonds. The molecule has 0 aromatic heterocycles. The van der Waals surface area contributed by atoms with Crippen molar-refractivity contribution in [1.82, 2.24) is 0 Å². The van der Waals surface area contributed by atoms with Crippen LogP contribution in [0.4, 0.5) is 0 Å². The highest BCUT2D eigenvalue weighted by Gasteiger charge is 2.18. The number of ether oxygens (including phenoxy) is 1. The second-order valence-electron chi connectivity index (χ2n) is 4.84. The van der Waals surface area contributed by atoms with E-state index in [1.807, 2.05) is 13.8 Å². The number of rotatable bonds is 6. The first-order valence-electron chi connectivity index (χ1n) is 5.79. The van der Waals surface area contributed by atoms with Gasteiger partial charge >= 0.3 is 0 Å². The van der Waals surface area contributed by atoms with Crippen molar-refractivity contribution in [2.45, 2.75) is 32.1 Å². The van der Waals surface area contributed by atoms with Crippen molar-refractivity contribution in [3.05, 3.63) is 35.4 Å². The molecular weight excluding hydrogens is 200 g/mol. The van der Waals surface area contributed by atoms with E-state index in [9.17, 15) is 5.11 Å². The zero-order valence-corrected chi connectivity index (χ0v) is 10.5. The molecule has 1 aromatic rings. The van der Waals surface area contributed by atoms with Crippen LogP contribution >= 0.6 is 0 Å². The Morgan fingerprint density at radius 1 is 1.19 bits per heavy atom. The molecule has 0 aliphatic heterocycles. The Morgan fingerprint density at radius 2 is 1.81 bits per heavy atom. The Balaban J connectivity index is 2.61. The monoisotopic (exact) mass is 222 g/mol. The first-order chi connectivity index (χ1) is 7.60. The predicted molar refractivity (Wildman–Crippen MR) is 66.8 cm³/mol. The van der Waals surface area contributed by atoms with Crippen LogP contribution in [0.3, 0.4) is 0 Å². The standard InChI is InChI=1S/C14H22O2/c1-14(2,11-15)13-8-6-12(7-9-13)5-4-10-16-3/h6-9,15H,4-5,10-11H2,1-3H3. The molecule has 2 nitrogen and oxygen atoms in total. The van der Waals surface area contributed by atoms with E-state index in [-0.39, 0.29) is 12.0 Å². The molecule has 0 saturated carbocycles. The molecule has 2 heteroatoms. The topological polar surface area (TPSA) is 29.5 Å². The van der Waals surface area contributed by atoms with Gasteiger partial charge in [0.25, 0.3) is 0 Å². The van der Waals surface area contributed by atoms with E-state index in [1.54, 1.807) is 7.11 Å². The number of benzene rings is 1. The molecule has 0 bridgehead atoms. The molecule has 1 N–H and O–H groups in total. The van der Waals surface area contributed by atoms with Gasteiger partial charge < -0.3 is 9.84 Å². The second-order valence-corrected chi connectivity index (χ2v) is 4.84. The lowest BCUT2D eigenvalue weighted by atomic mass is 9.85. The fourth-order valence-electron chi connectivity index (χ4n) is 1.63. The third-order valence-corrected chi connectivity index (χ3v) is 2.94. The second kappa shape index (κ2) is 6.02. The van der Waals surface area contributed by atoms with Gasteiger partial charge in [0.15, 0.2) is 0 Å². The normalized spacial score (nSPS) is 11.8. The van der Waals surface area contributed by atoms with E-state index in [4.69, 9.17) is 4.74 Å². The Hall–Kier alpha value is -0.860. The lowest BCUT2D eigenvalue weighted by Gasteiger charge is -2.22. The highest BCUT2D eigenvalue weighted by atomic mass is 16.5. The van der Waals surface area contributed by atoms with Crippen LogP contribution < -0.4 is 0 Å². The zero-order chi connectivity index (χ0) is 12.0. The molecule has 0 saturated heterocycles. The highest BCUT2D eigenvalue weighted by Crippen LogP contribution is 2.22. The van der Waals surface area contributed by atoms with Crippen LogP contribution in [-0.4, -0.2) is 25.4 Å². The van der Waals surface area contributed by atoms with E-state index in [2.05, 4.69) is 24.3 Å². The SMILES string of the molecule is COCCCc1ccc(C(C)(C)CO)cc1. The van der Waals surface area contributed by atoms with Gasteiger partial charge in [-0.1, -0.05) is 38.1 Å². The average molecular weight is 222 g/mol. The van der Waals surface area contributed by atoms with E-state index in [0.29, 0.717) is 0 Å². The quantitative estimate of drug-likeness (QED) is 0.749. The minimum atomic E-state index is -0.148. The first-order valence-corrected chi connectivity index (χ1v) is 5.79. The van der Waals surface area contributed by atoms with Crippen molar-refractivity contribution in [3.8, 4) is 0 Å². The summed E-state index contributed by atoms with van der Waals surface area (Å²) < 4.78 is 5.03. The number of hydrogen-bond acceptors (Lipinski definition) is 2. The van der Waals surface area contributed by atoms with Gasteiger partial charge in [-0.05, 0) is 24.0 Å². The Labute approximate surface area is 98.3 Å². The van der Waals surface area contributed by atoms with Gasteiger partial charge in [-0.3, -0.25) is 0 Å². The lowest BCUT2D eigenvalue weighted by Crippen LogP contribution is -2.21. The minimum absolute atomic E-state index is 0.148.